The smallest absolute Gasteiger partial charge is 0.0155 e. The van der Waals surface area contributed by atoms with Crippen molar-refractivity contribution in [2.45, 2.75) is 47.0 Å². The summed E-state index contributed by atoms with van der Waals surface area (Å²) in [7, 11) is 0. The summed E-state index contributed by atoms with van der Waals surface area (Å²) in [6.07, 6.45) is 7.65. The van der Waals surface area contributed by atoms with Gasteiger partial charge in [-0.1, -0.05) is 76.6 Å². The summed E-state index contributed by atoms with van der Waals surface area (Å²) >= 11 is 0. The molecule has 17 heavy (non-hydrogen) atoms. The SMILES string of the molecule is C=C/C(CCC)=c1/cccc/c1=C/C.CCC. The molecular weight excluding hydrogens is 204 g/mol. The minimum Gasteiger partial charge on any atom is -0.0988 e. The molecule has 94 valence electrons. The highest BCUT2D eigenvalue weighted by atomic mass is 14.0. The molecular formula is C17H26. The maximum atomic E-state index is 3.88. The monoisotopic (exact) mass is 230 g/mol. The van der Waals surface area contributed by atoms with Crippen LogP contribution in [-0.2, 0) is 0 Å². The van der Waals surface area contributed by atoms with Crippen LogP contribution in [0.1, 0.15) is 47.0 Å². The Balaban J connectivity index is 0.000000770. The summed E-state index contributed by atoms with van der Waals surface area (Å²) in [5.41, 5.74) is 1.35. The predicted molar refractivity (Wildman–Crippen MR) is 80.3 cm³/mol. The van der Waals surface area contributed by atoms with Crippen molar-refractivity contribution in [2.24, 2.45) is 0 Å². The number of hydrogen-bond donors (Lipinski definition) is 0. The first kappa shape index (κ1) is 15.7. The maximum absolute atomic E-state index is 3.88. The maximum Gasteiger partial charge on any atom is -0.0155 e. The number of hydrogen-bond acceptors (Lipinski definition) is 0. The van der Waals surface area contributed by atoms with Crippen LogP contribution >= 0.6 is 0 Å². The van der Waals surface area contributed by atoms with E-state index in [0.29, 0.717) is 0 Å². The fraction of sp³-hybridized carbons (Fsp3) is 0.412. The third-order valence-corrected chi connectivity index (χ3v) is 2.38. The van der Waals surface area contributed by atoms with Gasteiger partial charge in [-0.3, -0.25) is 0 Å². The first-order chi connectivity index (χ1) is 8.24. The molecule has 0 aromatic heterocycles. The highest BCUT2D eigenvalue weighted by molar-refractivity contribution is 5.56. The molecule has 0 aliphatic carbocycles. The highest BCUT2D eigenvalue weighted by Crippen LogP contribution is 2.03. The van der Waals surface area contributed by atoms with Crippen LogP contribution in [-0.4, -0.2) is 0 Å². The summed E-state index contributed by atoms with van der Waals surface area (Å²) in [5.74, 6) is 0. The van der Waals surface area contributed by atoms with Gasteiger partial charge in [0.2, 0.25) is 0 Å². The van der Waals surface area contributed by atoms with Crippen molar-refractivity contribution < 1.29 is 0 Å². The van der Waals surface area contributed by atoms with Crippen molar-refractivity contribution in [3.63, 3.8) is 0 Å². The van der Waals surface area contributed by atoms with Crippen molar-refractivity contribution in [1.82, 2.24) is 0 Å². The van der Waals surface area contributed by atoms with Crippen molar-refractivity contribution in [3.8, 4) is 0 Å². The molecule has 0 aliphatic rings. The lowest BCUT2D eigenvalue weighted by Gasteiger charge is -1.99. The van der Waals surface area contributed by atoms with Gasteiger partial charge >= 0.3 is 0 Å². The molecule has 0 spiro atoms. The standard InChI is InChI=1S/C14H18.C3H8/c1-4-9-12(5-2)14-11-8-7-10-13(14)6-3;1-3-2/h5-8,10-11H,2,4,9H2,1,3H3;3H2,1-2H3/b13-6-,14-12+;. The largest absolute Gasteiger partial charge is 0.0988 e. The molecule has 0 bridgehead atoms. The Hall–Kier alpha value is -1.30. The minimum atomic E-state index is 1.11. The molecule has 1 aromatic rings. The van der Waals surface area contributed by atoms with Crippen molar-refractivity contribution in [3.05, 3.63) is 47.4 Å². The quantitative estimate of drug-likeness (QED) is 0.735. The van der Waals surface area contributed by atoms with E-state index in [9.17, 15) is 0 Å². The second-order valence-corrected chi connectivity index (χ2v) is 4.06. The van der Waals surface area contributed by atoms with E-state index >= 15 is 0 Å². The van der Waals surface area contributed by atoms with Gasteiger partial charge in [-0.05, 0) is 29.4 Å². The van der Waals surface area contributed by atoms with E-state index in [0.717, 1.165) is 6.42 Å². The number of benzene rings is 1. The normalized spacial score (nSPS) is 12.6. The first-order valence-corrected chi connectivity index (χ1v) is 6.62. The van der Waals surface area contributed by atoms with E-state index in [1.807, 2.05) is 6.08 Å². The molecule has 0 fully saturated rings. The molecule has 0 unspecified atom stereocenters. The molecule has 0 atom stereocenters. The van der Waals surface area contributed by atoms with Gasteiger partial charge < -0.3 is 0 Å². The van der Waals surface area contributed by atoms with Crippen molar-refractivity contribution in [1.29, 1.82) is 0 Å². The van der Waals surface area contributed by atoms with Crippen LogP contribution in [0.5, 0.6) is 0 Å². The molecule has 0 heteroatoms. The molecule has 0 heterocycles. The van der Waals surface area contributed by atoms with Crippen molar-refractivity contribution >= 4 is 11.6 Å². The van der Waals surface area contributed by atoms with Crippen LogP contribution < -0.4 is 10.4 Å². The summed E-state index contributed by atoms with van der Waals surface area (Å²) in [4.78, 5) is 0. The van der Waals surface area contributed by atoms with Gasteiger partial charge in [0.05, 0.1) is 0 Å². The Morgan fingerprint density at radius 3 is 2.24 bits per heavy atom. The van der Waals surface area contributed by atoms with E-state index in [1.165, 1.54) is 28.9 Å². The predicted octanol–water partition coefficient (Wildman–Crippen LogP) is 4.04. The fourth-order valence-corrected chi connectivity index (χ4v) is 1.66. The van der Waals surface area contributed by atoms with Crippen LogP contribution in [0.4, 0.5) is 0 Å². The molecule has 0 nitrogen and oxygen atoms in total. The second-order valence-electron chi connectivity index (χ2n) is 4.06. The lowest BCUT2D eigenvalue weighted by molar-refractivity contribution is 0.973. The minimum absolute atomic E-state index is 1.11. The van der Waals surface area contributed by atoms with Gasteiger partial charge in [0.15, 0.2) is 0 Å². The van der Waals surface area contributed by atoms with Crippen LogP contribution in [0.3, 0.4) is 0 Å². The molecule has 1 aromatic carbocycles. The average Bonchev–Trinajstić information content (AvgIpc) is 2.37. The van der Waals surface area contributed by atoms with E-state index in [-0.39, 0.29) is 0 Å². The molecule has 1 rings (SSSR count). The van der Waals surface area contributed by atoms with Gasteiger partial charge in [0.1, 0.15) is 0 Å². The molecule has 0 N–H and O–H groups in total. The lowest BCUT2D eigenvalue weighted by Crippen LogP contribution is -2.25. The van der Waals surface area contributed by atoms with Gasteiger partial charge in [0.25, 0.3) is 0 Å². The van der Waals surface area contributed by atoms with E-state index in [4.69, 9.17) is 0 Å². The second kappa shape index (κ2) is 9.89. The van der Waals surface area contributed by atoms with Crippen molar-refractivity contribution in [2.75, 3.05) is 0 Å². The topological polar surface area (TPSA) is 0 Å². The molecule has 0 amide bonds. The zero-order chi connectivity index (χ0) is 13.1. The Bertz CT molecular complexity index is 424. The van der Waals surface area contributed by atoms with E-state index < -0.39 is 0 Å². The number of allylic oxidation sites excluding steroid dienone is 1. The highest BCUT2D eigenvalue weighted by Gasteiger charge is 1.92. The summed E-state index contributed by atoms with van der Waals surface area (Å²) < 4.78 is 0. The van der Waals surface area contributed by atoms with Gasteiger partial charge in [-0.2, -0.15) is 0 Å². The van der Waals surface area contributed by atoms with Crippen LogP contribution in [0.2, 0.25) is 0 Å². The van der Waals surface area contributed by atoms with Crippen LogP contribution in [0.25, 0.3) is 11.6 Å². The van der Waals surface area contributed by atoms with Crippen LogP contribution in [0.15, 0.2) is 36.9 Å². The average molecular weight is 230 g/mol. The summed E-state index contributed by atoms with van der Waals surface area (Å²) in [5, 5.41) is 2.63. The molecule has 0 aliphatic heterocycles. The zero-order valence-corrected chi connectivity index (χ0v) is 11.8. The molecule has 0 saturated heterocycles. The van der Waals surface area contributed by atoms with Gasteiger partial charge in [-0.15, -0.1) is 0 Å². The summed E-state index contributed by atoms with van der Waals surface area (Å²) in [6, 6.07) is 8.48. The van der Waals surface area contributed by atoms with Gasteiger partial charge in [0, 0.05) is 0 Å². The molecule has 0 saturated carbocycles. The Kier molecular flexibility index (Phi) is 9.14. The Morgan fingerprint density at radius 2 is 1.76 bits per heavy atom. The lowest BCUT2D eigenvalue weighted by atomic mass is 10.1. The third kappa shape index (κ3) is 5.53. The zero-order valence-electron chi connectivity index (χ0n) is 11.8. The van der Waals surface area contributed by atoms with E-state index in [2.05, 4.69) is 64.6 Å². The summed E-state index contributed by atoms with van der Waals surface area (Å²) in [6.45, 7) is 12.4. The molecule has 0 radical (unpaired) electrons. The van der Waals surface area contributed by atoms with E-state index in [1.54, 1.807) is 0 Å². The van der Waals surface area contributed by atoms with Gasteiger partial charge in [-0.25, -0.2) is 0 Å². The Labute approximate surface area is 106 Å². The fourth-order valence-electron chi connectivity index (χ4n) is 1.66. The third-order valence-electron chi connectivity index (χ3n) is 2.38. The van der Waals surface area contributed by atoms with Crippen LogP contribution in [0, 0.1) is 0 Å². The number of rotatable bonds is 3. The Morgan fingerprint density at radius 1 is 1.18 bits per heavy atom. The first-order valence-electron chi connectivity index (χ1n) is 6.62.